The summed E-state index contributed by atoms with van der Waals surface area (Å²) in [5.74, 6) is 1.74. The molecule has 0 saturated heterocycles. The number of hydrogen-bond acceptors (Lipinski definition) is 2. The predicted octanol–water partition coefficient (Wildman–Crippen LogP) is 4.35. The van der Waals surface area contributed by atoms with Crippen molar-refractivity contribution in [3.05, 3.63) is 58.1 Å². The quantitative estimate of drug-likeness (QED) is 0.836. The van der Waals surface area contributed by atoms with Crippen LogP contribution in [-0.2, 0) is 6.61 Å². The normalized spacial score (nSPS) is 10.2. The molecule has 0 radical (unpaired) electrons. The van der Waals surface area contributed by atoms with Crippen LogP contribution in [0.15, 0.2) is 46.9 Å². The molecule has 0 aliphatic carbocycles. The van der Waals surface area contributed by atoms with Crippen molar-refractivity contribution in [2.24, 2.45) is 0 Å². The minimum absolute atomic E-state index is 0.517. The molecular weight excluding hydrogens is 292 g/mol. The molecule has 18 heavy (non-hydrogen) atoms. The minimum Gasteiger partial charge on any atom is -0.497 e. The second-order valence-corrected chi connectivity index (χ2v) is 4.87. The van der Waals surface area contributed by atoms with E-state index in [1.165, 1.54) is 0 Å². The van der Waals surface area contributed by atoms with Crippen molar-refractivity contribution in [3.8, 4) is 11.5 Å². The van der Waals surface area contributed by atoms with E-state index in [1.54, 1.807) is 7.11 Å². The van der Waals surface area contributed by atoms with Crippen molar-refractivity contribution in [3.63, 3.8) is 0 Å². The van der Waals surface area contributed by atoms with E-state index in [-0.39, 0.29) is 0 Å². The zero-order chi connectivity index (χ0) is 13.0. The van der Waals surface area contributed by atoms with E-state index < -0.39 is 0 Å². The van der Waals surface area contributed by atoms with Gasteiger partial charge < -0.3 is 9.47 Å². The molecule has 2 rings (SSSR count). The summed E-state index contributed by atoms with van der Waals surface area (Å²) in [6.45, 7) is 2.55. The van der Waals surface area contributed by atoms with Crippen molar-refractivity contribution in [1.82, 2.24) is 0 Å². The van der Waals surface area contributed by atoms with Gasteiger partial charge in [-0.3, -0.25) is 0 Å². The van der Waals surface area contributed by atoms with E-state index in [0.717, 1.165) is 27.1 Å². The molecule has 0 atom stereocenters. The Morgan fingerprint density at radius 1 is 1.11 bits per heavy atom. The average molecular weight is 307 g/mol. The fraction of sp³-hybridized carbons (Fsp3) is 0.200. The first-order valence-electron chi connectivity index (χ1n) is 5.71. The van der Waals surface area contributed by atoms with E-state index in [1.807, 2.05) is 49.4 Å². The molecule has 0 bridgehead atoms. The van der Waals surface area contributed by atoms with Crippen LogP contribution in [0, 0.1) is 6.92 Å². The van der Waals surface area contributed by atoms with E-state index in [4.69, 9.17) is 9.47 Å². The lowest BCUT2D eigenvalue weighted by atomic mass is 10.2. The van der Waals surface area contributed by atoms with Crippen LogP contribution >= 0.6 is 15.9 Å². The van der Waals surface area contributed by atoms with Gasteiger partial charge in [-0.25, -0.2) is 0 Å². The molecule has 0 amide bonds. The summed E-state index contributed by atoms with van der Waals surface area (Å²) in [7, 11) is 1.66. The average Bonchev–Trinajstić information content (AvgIpc) is 2.39. The summed E-state index contributed by atoms with van der Waals surface area (Å²) in [4.78, 5) is 0. The zero-order valence-corrected chi connectivity index (χ0v) is 12.0. The zero-order valence-electron chi connectivity index (χ0n) is 10.4. The first-order valence-corrected chi connectivity index (χ1v) is 6.51. The first kappa shape index (κ1) is 13.0. The summed E-state index contributed by atoms with van der Waals surface area (Å²) in [6.07, 6.45) is 0. The Morgan fingerprint density at radius 3 is 2.61 bits per heavy atom. The highest BCUT2D eigenvalue weighted by molar-refractivity contribution is 9.10. The van der Waals surface area contributed by atoms with Gasteiger partial charge >= 0.3 is 0 Å². The van der Waals surface area contributed by atoms with Crippen LogP contribution in [-0.4, -0.2) is 7.11 Å². The van der Waals surface area contributed by atoms with Crippen molar-refractivity contribution >= 4 is 15.9 Å². The summed E-state index contributed by atoms with van der Waals surface area (Å²) >= 11 is 3.52. The van der Waals surface area contributed by atoms with Gasteiger partial charge in [-0.1, -0.05) is 34.1 Å². The molecule has 3 heteroatoms. The van der Waals surface area contributed by atoms with Gasteiger partial charge in [0.15, 0.2) is 0 Å². The van der Waals surface area contributed by atoms with Crippen molar-refractivity contribution in [2.45, 2.75) is 13.5 Å². The molecule has 0 N–H and O–H groups in total. The monoisotopic (exact) mass is 306 g/mol. The molecule has 0 saturated carbocycles. The second-order valence-electron chi connectivity index (χ2n) is 4.01. The first-order chi connectivity index (χ1) is 8.70. The topological polar surface area (TPSA) is 18.5 Å². The van der Waals surface area contributed by atoms with Gasteiger partial charge in [0.25, 0.3) is 0 Å². The molecule has 0 heterocycles. The number of benzene rings is 2. The number of halogens is 1. The maximum atomic E-state index is 5.82. The molecule has 2 aromatic carbocycles. The van der Waals surface area contributed by atoms with E-state index in [2.05, 4.69) is 15.9 Å². The Hall–Kier alpha value is -1.48. The van der Waals surface area contributed by atoms with Gasteiger partial charge in [-0.15, -0.1) is 0 Å². The Balaban J connectivity index is 2.13. The molecule has 0 unspecified atom stereocenters. The molecular formula is C15H15BrO2. The third-order valence-corrected chi connectivity index (χ3v) is 3.50. The van der Waals surface area contributed by atoms with Crippen molar-refractivity contribution in [1.29, 1.82) is 0 Å². The minimum atomic E-state index is 0.517. The maximum absolute atomic E-state index is 5.82. The highest BCUT2D eigenvalue weighted by atomic mass is 79.9. The molecule has 94 valence electrons. The van der Waals surface area contributed by atoms with Crippen molar-refractivity contribution < 1.29 is 9.47 Å². The summed E-state index contributed by atoms with van der Waals surface area (Å²) in [5.41, 5.74) is 2.20. The van der Waals surface area contributed by atoms with Gasteiger partial charge in [-0.05, 0) is 36.8 Å². The van der Waals surface area contributed by atoms with Crippen LogP contribution in [0.4, 0.5) is 0 Å². The Morgan fingerprint density at radius 2 is 1.89 bits per heavy atom. The number of ether oxygens (including phenoxy) is 2. The van der Waals surface area contributed by atoms with E-state index in [0.29, 0.717) is 6.61 Å². The Bertz CT molecular complexity index is 538. The molecule has 0 spiro atoms. The number of para-hydroxylation sites is 1. The van der Waals surface area contributed by atoms with Crippen molar-refractivity contribution in [2.75, 3.05) is 7.11 Å². The van der Waals surface area contributed by atoms with Gasteiger partial charge in [0, 0.05) is 10.0 Å². The lowest BCUT2D eigenvalue weighted by Gasteiger charge is -2.11. The Kier molecular flexibility index (Phi) is 4.26. The van der Waals surface area contributed by atoms with Gasteiger partial charge in [-0.2, -0.15) is 0 Å². The largest absolute Gasteiger partial charge is 0.497 e. The molecule has 2 nitrogen and oxygen atoms in total. The van der Waals surface area contributed by atoms with E-state index >= 15 is 0 Å². The van der Waals surface area contributed by atoms with Crippen LogP contribution < -0.4 is 9.47 Å². The van der Waals surface area contributed by atoms with Crippen LogP contribution in [0.25, 0.3) is 0 Å². The SMILES string of the molecule is COc1ccc(Br)c(COc2ccccc2C)c1. The number of rotatable bonds is 4. The number of aryl methyl sites for hydroxylation is 1. The molecule has 0 aliphatic heterocycles. The lowest BCUT2D eigenvalue weighted by Crippen LogP contribution is -1.98. The van der Waals surface area contributed by atoms with Crippen LogP contribution in [0.2, 0.25) is 0 Å². The van der Waals surface area contributed by atoms with Crippen LogP contribution in [0.3, 0.4) is 0 Å². The van der Waals surface area contributed by atoms with E-state index in [9.17, 15) is 0 Å². The third kappa shape index (κ3) is 3.05. The van der Waals surface area contributed by atoms with Crippen LogP contribution in [0.5, 0.6) is 11.5 Å². The highest BCUT2D eigenvalue weighted by Gasteiger charge is 2.04. The lowest BCUT2D eigenvalue weighted by molar-refractivity contribution is 0.302. The van der Waals surface area contributed by atoms with Gasteiger partial charge in [0.2, 0.25) is 0 Å². The second kappa shape index (κ2) is 5.91. The number of methoxy groups -OCH3 is 1. The highest BCUT2D eigenvalue weighted by Crippen LogP contribution is 2.25. The number of hydrogen-bond donors (Lipinski definition) is 0. The molecule has 0 fully saturated rings. The smallest absolute Gasteiger partial charge is 0.122 e. The summed E-state index contributed by atoms with van der Waals surface area (Å²) in [6, 6.07) is 13.9. The standard InChI is InChI=1S/C15H15BrO2/c1-11-5-3-4-6-15(11)18-10-12-9-13(17-2)7-8-14(12)16/h3-9H,10H2,1-2H3. The fourth-order valence-electron chi connectivity index (χ4n) is 1.66. The van der Waals surface area contributed by atoms with Gasteiger partial charge in [0.1, 0.15) is 18.1 Å². The predicted molar refractivity (Wildman–Crippen MR) is 76.2 cm³/mol. The molecule has 0 aliphatic rings. The molecule has 0 aromatic heterocycles. The molecule has 2 aromatic rings. The van der Waals surface area contributed by atoms with Crippen LogP contribution in [0.1, 0.15) is 11.1 Å². The Labute approximate surface area is 116 Å². The van der Waals surface area contributed by atoms with Gasteiger partial charge in [0.05, 0.1) is 7.11 Å². The third-order valence-electron chi connectivity index (χ3n) is 2.73. The summed E-state index contributed by atoms with van der Waals surface area (Å²) in [5, 5.41) is 0. The fourth-order valence-corrected chi connectivity index (χ4v) is 2.02. The summed E-state index contributed by atoms with van der Waals surface area (Å²) < 4.78 is 12.1. The maximum Gasteiger partial charge on any atom is 0.122 e.